The largest absolute Gasteiger partial charge is 0.469 e. The van der Waals surface area contributed by atoms with Crippen molar-refractivity contribution < 1.29 is 19.1 Å². The van der Waals surface area contributed by atoms with Crippen molar-refractivity contribution in [3.63, 3.8) is 0 Å². The number of esters is 2. The van der Waals surface area contributed by atoms with Crippen molar-refractivity contribution in [1.82, 2.24) is 0 Å². The first-order valence-electron chi connectivity index (χ1n) is 5.41. The number of benzene rings is 1. The Kier molecular flexibility index (Phi) is 5.22. The van der Waals surface area contributed by atoms with Gasteiger partial charge in [0.2, 0.25) is 0 Å². The SMILES string of the molecule is COC(=O)CC(C)(Sc1ccccc1)C(=O)OC. The first-order valence-corrected chi connectivity index (χ1v) is 6.23. The zero-order valence-corrected chi connectivity index (χ0v) is 11.5. The highest BCUT2D eigenvalue weighted by Crippen LogP contribution is 2.36. The van der Waals surface area contributed by atoms with E-state index in [1.54, 1.807) is 6.92 Å². The van der Waals surface area contributed by atoms with Crippen LogP contribution in [0.4, 0.5) is 0 Å². The summed E-state index contributed by atoms with van der Waals surface area (Å²) in [5.41, 5.74) is 0. The topological polar surface area (TPSA) is 52.6 Å². The highest BCUT2D eigenvalue weighted by molar-refractivity contribution is 8.01. The van der Waals surface area contributed by atoms with Crippen LogP contribution in [0.15, 0.2) is 35.2 Å². The summed E-state index contributed by atoms with van der Waals surface area (Å²) in [7, 11) is 2.61. The van der Waals surface area contributed by atoms with Crippen molar-refractivity contribution >= 4 is 23.7 Å². The molecular formula is C13H16O4S. The second kappa shape index (κ2) is 6.44. The van der Waals surface area contributed by atoms with Crippen molar-refractivity contribution in [2.45, 2.75) is 23.0 Å². The minimum absolute atomic E-state index is 0.0320. The summed E-state index contributed by atoms with van der Waals surface area (Å²) in [5, 5.41) is 0. The van der Waals surface area contributed by atoms with Gasteiger partial charge in [0, 0.05) is 4.90 Å². The van der Waals surface area contributed by atoms with Crippen LogP contribution in [0.5, 0.6) is 0 Å². The number of methoxy groups -OCH3 is 2. The van der Waals surface area contributed by atoms with Gasteiger partial charge < -0.3 is 9.47 Å². The standard InChI is InChI=1S/C13H16O4S/c1-13(12(15)17-3,9-11(14)16-2)18-10-7-5-4-6-8-10/h4-8H,9H2,1-3H3. The zero-order valence-electron chi connectivity index (χ0n) is 10.6. The number of carbonyl (C=O) groups is 2. The van der Waals surface area contributed by atoms with E-state index >= 15 is 0 Å². The van der Waals surface area contributed by atoms with Crippen LogP contribution in [0.1, 0.15) is 13.3 Å². The van der Waals surface area contributed by atoms with Crippen LogP contribution in [-0.2, 0) is 19.1 Å². The molecule has 98 valence electrons. The lowest BCUT2D eigenvalue weighted by Gasteiger charge is -2.24. The summed E-state index contributed by atoms with van der Waals surface area (Å²) in [4.78, 5) is 24.1. The van der Waals surface area contributed by atoms with E-state index in [2.05, 4.69) is 4.74 Å². The van der Waals surface area contributed by atoms with Crippen LogP contribution in [0.2, 0.25) is 0 Å². The second-order valence-electron chi connectivity index (χ2n) is 3.89. The van der Waals surface area contributed by atoms with E-state index in [9.17, 15) is 9.59 Å². The average molecular weight is 268 g/mol. The van der Waals surface area contributed by atoms with Gasteiger partial charge in [-0.25, -0.2) is 0 Å². The van der Waals surface area contributed by atoms with Crippen molar-refractivity contribution in [2.24, 2.45) is 0 Å². The predicted molar refractivity (Wildman–Crippen MR) is 69.4 cm³/mol. The van der Waals surface area contributed by atoms with E-state index in [0.29, 0.717) is 0 Å². The molecule has 1 rings (SSSR count). The Balaban J connectivity index is 2.91. The van der Waals surface area contributed by atoms with E-state index in [0.717, 1.165) is 4.90 Å². The first kappa shape index (κ1) is 14.6. The van der Waals surface area contributed by atoms with Crippen molar-refractivity contribution in [2.75, 3.05) is 14.2 Å². The molecule has 1 unspecified atom stereocenters. The molecule has 0 heterocycles. The third-order valence-electron chi connectivity index (χ3n) is 2.41. The van der Waals surface area contributed by atoms with E-state index < -0.39 is 16.7 Å². The van der Waals surface area contributed by atoms with Crippen LogP contribution in [0, 0.1) is 0 Å². The summed E-state index contributed by atoms with van der Waals surface area (Å²) < 4.78 is 8.40. The van der Waals surface area contributed by atoms with Crippen molar-refractivity contribution in [1.29, 1.82) is 0 Å². The van der Waals surface area contributed by atoms with Gasteiger partial charge in [-0.05, 0) is 19.1 Å². The Bertz CT molecular complexity index is 418. The minimum atomic E-state index is -0.983. The Morgan fingerprint density at radius 2 is 1.78 bits per heavy atom. The fraction of sp³-hybridized carbons (Fsp3) is 0.385. The molecule has 0 aromatic heterocycles. The fourth-order valence-electron chi connectivity index (χ4n) is 1.46. The molecule has 0 aliphatic heterocycles. The van der Waals surface area contributed by atoms with E-state index in [4.69, 9.17) is 4.74 Å². The molecule has 4 nitrogen and oxygen atoms in total. The van der Waals surface area contributed by atoms with Gasteiger partial charge in [0.15, 0.2) is 0 Å². The molecule has 1 aromatic carbocycles. The van der Waals surface area contributed by atoms with Gasteiger partial charge in [-0.15, -0.1) is 11.8 Å². The van der Waals surface area contributed by atoms with Gasteiger partial charge in [-0.2, -0.15) is 0 Å². The molecule has 18 heavy (non-hydrogen) atoms. The number of hydrogen-bond acceptors (Lipinski definition) is 5. The highest BCUT2D eigenvalue weighted by atomic mass is 32.2. The zero-order chi connectivity index (χ0) is 13.6. The molecule has 1 aromatic rings. The van der Waals surface area contributed by atoms with Crippen LogP contribution in [-0.4, -0.2) is 30.9 Å². The first-order chi connectivity index (χ1) is 8.51. The second-order valence-corrected chi connectivity index (χ2v) is 5.47. The number of thioether (sulfide) groups is 1. The van der Waals surface area contributed by atoms with Gasteiger partial charge >= 0.3 is 11.9 Å². The van der Waals surface area contributed by atoms with Crippen LogP contribution in [0.3, 0.4) is 0 Å². The molecule has 0 bridgehead atoms. The van der Waals surface area contributed by atoms with Gasteiger partial charge in [-0.1, -0.05) is 18.2 Å². The summed E-state index contributed by atoms with van der Waals surface area (Å²) in [6.45, 7) is 1.67. The lowest BCUT2D eigenvalue weighted by molar-refractivity contribution is -0.149. The molecule has 0 spiro atoms. The Hall–Kier alpha value is -1.49. The number of hydrogen-bond donors (Lipinski definition) is 0. The summed E-state index contributed by atoms with van der Waals surface area (Å²) in [6, 6.07) is 9.39. The third-order valence-corrected chi connectivity index (χ3v) is 3.68. The van der Waals surface area contributed by atoms with Gasteiger partial charge in [0.25, 0.3) is 0 Å². The number of rotatable bonds is 5. The molecule has 0 saturated carbocycles. The minimum Gasteiger partial charge on any atom is -0.469 e. The molecule has 0 saturated heterocycles. The highest BCUT2D eigenvalue weighted by Gasteiger charge is 2.38. The monoisotopic (exact) mass is 268 g/mol. The van der Waals surface area contributed by atoms with Crippen LogP contribution >= 0.6 is 11.8 Å². The third kappa shape index (κ3) is 3.77. The van der Waals surface area contributed by atoms with Gasteiger partial charge in [0.1, 0.15) is 4.75 Å². The van der Waals surface area contributed by atoms with E-state index in [-0.39, 0.29) is 6.42 Å². The molecule has 0 radical (unpaired) electrons. The average Bonchev–Trinajstić information content (AvgIpc) is 2.38. The quantitative estimate of drug-likeness (QED) is 0.605. The van der Waals surface area contributed by atoms with Crippen molar-refractivity contribution in [3.05, 3.63) is 30.3 Å². The lowest BCUT2D eigenvalue weighted by atomic mass is 10.1. The van der Waals surface area contributed by atoms with Gasteiger partial charge in [-0.3, -0.25) is 9.59 Å². The molecule has 0 aliphatic carbocycles. The maximum atomic E-state index is 11.8. The van der Waals surface area contributed by atoms with Crippen molar-refractivity contribution in [3.8, 4) is 0 Å². The summed E-state index contributed by atoms with van der Waals surface area (Å²) in [6.07, 6.45) is -0.0320. The normalized spacial score (nSPS) is 13.5. The van der Waals surface area contributed by atoms with Gasteiger partial charge in [0.05, 0.1) is 20.6 Å². The smallest absolute Gasteiger partial charge is 0.322 e. The molecule has 0 amide bonds. The van der Waals surface area contributed by atoms with E-state index in [1.807, 2.05) is 30.3 Å². The maximum absolute atomic E-state index is 11.8. The molecule has 0 aliphatic rings. The van der Waals surface area contributed by atoms with Crippen LogP contribution < -0.4 is 0 Å². The molecular weight excluding hydrogens is 252 g/mol. The van der Waals surface area contributed by atoms with E-state index in [1.165, 1.54) is 26.0 Å². The Morgan fingerprint density at radius 3 is 2.28 bits per heavy atom. The number of ether oxygens (including phenoxy) is 2. The molecule has 1 atom stereocenters. The maximum Gasteiger partial charge on any atom is 0.322 e. The Labute approximate surface area is 111 Å². The fourth-order valence-corrected chi connectivity index (χ4v) is 2.63. The lowest BCUT2D eigenvalue weighted by Crippen LogP contribution is -2.35. The molecule has 0 N–H and O–H groups in total. The molecule has 0 fully saturated rings. The Morgan fingerprint density at radius 1 is 1.17 bits per heavy atom. The van der Waals surface area contributed by atoms with Crippen LogP contribution in [0.25, 0.3) is 0 Å². The molecule has 5 heteroatoms. The predicted octanol–water partition coefficient (Wildman–Crippen LogP) is 2.27. The summed E-state index contributed by atoms with van der Waals surface area (Å²) in [5.74, 6) is -0.881. The number of carbonyl (C=O) groups excluding carboxylic acids is 2. The summed E-state index contributed by atoms with van der Waals surface area (Å²) >= 11 is 1.29.